The summed E-state index contributed by atoms with van der Waals surface area (Å²) in [5.74, 6) is -0.835. The second kappa shape index (κ2) is 3.97. The normalized spacial score (nSPS) is 12.4. The first kappa shape index (κ1) is 12.8. The molecular formula is C6H8FN3O4S2. The van der Waals surface area contributed by atoms with Crippen LogP contribution in [0, 0.1) is 5.82 Å². The number of hydrogen-bond donors (Lipinski definition) is 3. The maximum atomic E-state index is 12.8. The molecule has 16 heavy (non-hydrogen) atoms. The molecule has 0 amide bonds. The van der Waals surface area contributed by atoms with Gasteiger partial charge in [-0.2, -0.15) is 8.42 Å². The number of sulfonamides is 1. The molecule has 0 saturated carbocycles. The van der Waals surface area contributed by atoms with Crippen molar-refractivity contribution < 1.29 is 21.2 Å². The van der Waals surface area contributed by atoms with Gasteiger partial charge in [0.1, 0.15) is 10.7 Å². The van der Waals surface area contributed by atoms with Gasteiger partial charge in [-0.15, -0.1) is 0 Å². The van der Waals surface area contributed by atoms with E-state index in [4.69, 9.17) is 5.14 Å². The number of anilines is 1. The molecule has 0 saturated heterocycles. The summed E-state index contributed by atoms with van der Waals surface area (Å²) in [5, 5.41) is 9.43. The molecule has 7 nitrogen and oxygen atoms in total. The number of benzene rings is 1. The van der Waals surface area contributed by atoms with Crippen LogP contribution in [0.15, 0.2) is 23.1 Å². The van der Waals surface area contributed by atoms with Gasteiger partial charge in [-0.1, -0.05) is 0 Å². The molecule has 0 aliphatic heterocycles. The Hall–Kier alpha value is -1.23. The molecule has 0 aliphatic rings. The van der Waals surface area contributed by atoms with E-state index in [0.717, 1.165) is 12.1 Å². The van der Waals surface area contributed by atoms with Crippen molar-refractivity contribution in [1.29, 1.82) is 0 Å². The number of nitrogens with one attached hydrogen (secondary N) is 1. The number of hydrogen-bond acceptors (Lipinski definition) is 4. The Kier molecular flexibility index (Phi) is 3.19. The van der Waals surface area contributed by atoms with Crippen molar-refractivity contribution in [3.05, 3.63) is 24.0 Å². The summed E-state index contributed by atoms with van der Waals surface area (Å²) >= 11 is 0. The van der Waals surface area contributed by atoms with Gasteiger partial charge in [0.15, 0.2) is 0 Å². The summed E-state index contributed by atoms with van der Waals surface area (Å²) in [6.45, 7) is 0. The third kappa shape index (κ3) is 3.41. The summed E-state index contributed by atoms with van der Waals surface area (Å²) in [7, 11) is -8.39. The lowest BCUT2D eigenvalue weighted by atomic mass is 10.3. The van der Waals surface area contributed by atoms with Crippen molar-refractivity contribution in [2.75, 3.05) is 4.72 Å². The van der Waals surface area contributed by atoms with Crippen molar-refractivity contribution >= 4 is 25.9 Å². The fraction of sp³-hybridized carbons (Fsp3) is 0. The molecule has 0 fully saturated rings. The number of halogens is 1. The lowest BCUT2D eigenvalue weighted by molar-refractivity contribution is 0.597. The standard InChI is InChI=1S/C6H8FN3O4S2/c7-4-1-2-6(15(8,11)12)5(3-4)10-16(9,13)14/h1-3,10H,(H2,8,11,12)(H2,9,13,14). The van der Waals surface area contributed by atoms with Gasteiger partial charge in [0.25, 0.3) is 10.2 Å². The Bertz CT molecular complexity index is 611. The van der Waals surface area contributed by atoms with Crippen molar-refractivity contribution in [1.82, 2.24) is 0 Å². The highest BCUT2D eigenvalue weighted by atomic mass is 32.2. The average Bonchev–Trinajstić information content (AvgIpc) is 1.97. The van der Waals surface area contributed by atoms with Crippen molar-refractivity contribution in [2.45, 2.75) is 4.90 Å². The number of rotatable bonds is 3. The molecule has 0 aliphatic carbocycles. The maximum absolute atomic E-state index is 12.8. The zero-order valence-corrected chi connectivity index (χ0v) is 9.35. The first-order valence-corrected chi connectivity index (χ1v) is 6.82. The molecular weight excluding hydrogens is 261 g/mol. The van der Waals surface area contributed by atoms with Crippen molar-refractivity contribution in [2.24, 2.45) is 10.3 Å². The Morgan fingerprint density at radius 3 is 2.12 bits per heavy atom. The van der Waals surface area contributed by atoms with Gasteiger partial charge >= 0.3 is 0 Å². The minimum absolute atomic E-state index is 0.537. The van der Waals surface area contributed by atoms with E-state index < -0.39 is 36.6 Å². The molecule has 0 atom stereocenters. The first-order valence-electron chi connectivity index (χ1n) is 3.72. The van der Waals surface area contributed by atoms with E-state index in [9.17, 15) is 21.2 Å². The molecule has 0 radical (unpaired) electrons. The lowest BCUT2D eigenvalue weighted by Gasteiger charge is -2.08. The van der Waals surface area contributed by atoms with Gasteiger partial charge in [-0.05, 0) is 18.2 Å². The van der Waals surface area contributed by atoms with Gasteiger partial charge in [0.2, 0.25) is 10.0 Å². The van der Waals surface area contributed by atoms with Gasteiger partial charge in [0.05, 0.1) is 5.69 Å². The van der Waals surface area contributed by atoms with Crippen LogP contribution in [-0.4, -0.2) is 16.8 Å². The molecule has 1 aromatic carbocycles. The first-order chi connectivity index (χ1) is 7.09. The van der Waals surface area contributed by atoms with Crippen LogP contribution in [0.5, 0.6) is 0 Å². The van der Waals surface area contributed by atoms with Crippen molar-refractivity contribution in [3.63, 3.8) is 0 Å². The minimum Gasteiger partial charge on any atom is -0.270 e. The number of nitrogens with two attached hydrogens (primary N) is 2. The van der Waals surface area contributed by atoms with Crippen LogP contribution in [-0.2, 0) is 20.2 Å². The molecule has 0 spiro atoms. The Morgan fingerprint density at radius 1 is 1.12 bits per heavy atom. The fourth-order valence-electron chi connectivity index (χ4n) is 0.983. The highest BCUT2D eigenvalue weighted by Crippen LogP contribution is 2.21. The lowest BCUT2D eigenvalue weighted by Crippen LogP contribution is -2.24. The van der Waals surface area contributed by atoms with Crippen LogP contribution in [0.4, 0.5) is 10.1 Å². The van der Waals surface area contributed by atoms with E-state index in [1.165, 1.54) is 0 Å². The molecule has 0 aromatic heterocycles. The summed E-state index contributed by atoms with van der Waals surface area (Å²) in [5.41, 5.74) is -0.537. The van der Waals surface area contributed by atoms with Crippen LogP contribution < -0.4 is 15.0 Å². The third-order valence-corrected chi connectivity index (χ3v) is 2.97. The Labute approximate surface area is 91.5 Å². The predicted molar refractivity (Wildman–Crippen MR) is 54.5 cm³/mol. The molecule has 5 N–H and O–H groups in total. The summed E-state index contributed by atoms with van der Waals surface area (Å²) < 4.78 is 57.9. The van der Waals surface area contributed by atoms with Crippen LogP contribution in [0.3, 0.4) is 0 Å². The Balaban J connectivity index is 3.42. The molecule has 0 heterocycles. The van der Waals surface area contributed by atoms with E-state index >= 15 is 0 Å². The van der Waals surface area contributed by atoms with Crippen LogP contribution in [0.1, 0.15) is 0 Å². The van der Waals surface area contributed by atoms with E-state index in [1.54, 1.807) is 4.72 Å². The topological polar surface area (TPSA) is 132 Å². The van der Waals surface area contributed by atoms with E-state index in [1.807, 2.05) is 0 Å². The largest absolute Gasteiger partial charge is 0.296 e. The summed E-state index contributed by atoms with van der Waals surface area (Å²) in [4.78, 5) is -0.567. The molecule has 0 bridgehead atoms. The van der Waals surface area contributed by atoms with Gasteiger partial charge in [-0.25, -0.2) is 23.1 Å². The van der Waals surface area contributed by atoms with Crippen LogP contribution in [0.2, 0.25) is 0 Å². The maximum Gasteiger partial charge on any atom is 0.296 e. The molecule has 1 rings (SSSR count). The number of primary sulfonamides is 1. The van der Waals surface area contributed by atoms with E-state index in [-0.39, 0.29) is 0 Å². The molecule has 1 aromatic rings. The SMILES string of the molecule is NS(=O)(=O)Nc1cc(F)ccc1S(N)(=O)=O. The van der Waals surface area contributed by atoms with Gasteiger partial charge < -0.3 is 0 Å². The van der Waals surface area contributed by atoms with Gasteiger partial charge in [0, 0.05) is 0 Å². The monoisotopic (exact) mass is 269 g/mol. The van der Waals surface area contributed by atoms with E-state index in [0.29, 0.717) is 6.07 Å². The quantitative estimate of drug-likeness (QED) is 0.655. The highest BCUT2D eigenvalue weighted by Gasteiger charge is 2.17. The smallest absolute Gasteiger partial charge is 0.270 e. The average molecular weight is 269 g/mol. The molecule has 10 heteroatoms. The van der Waals surface area contributed by atoms with Gasteiger partial charge in [-0.3, -0.25) is 4.72 Å². The second-order valence-corrected chi connectivity index (χ2v) is 5.66. The Morgan fingerprint density at radius 2 is 1.69 bits per heavy atom. The predicted octanol–water partition coefficient (Wildman–Crippen LogP) is -0.911. The van der Waals surface area contributed by atoms with Crippen LogP contribution in [0.25, 0.3) is 0 Å². The second-order valence-electron chi connectivity index (χ2n) is 2.83. The molecule has 90 valence electrons. The molecule has 0 unspecified atom stereocenters. The summed E-state index contributed by atoms with van der Waals surface area (Å²) in [6.07, 6.45) is 0. The minimum atomic E-state index is -4.21. The fourth-order valence-corrected chi connectivity index (χ4v) is 2.20. The summed E-state index contributed by atoms with van der Waals surface area (Å²) in [6, 6.07) is 2.32. The zero-order valence-electron chi connectivity index (χ0n) is 7.71. The third-order valence-electron chi connectivity index (χ3n) is 1.50. The van der Waals surface area contributed by atoms with E-state index in [2.05, 4.69) is 5.14 Å². The van der Waals surface area contributed by atoms with Crippen molar-refractivity contribution in [3.8, 4) is 0 Å². The highest BCUT2D eigenvalue weighted by molar-refractivity contribution is 7.91. The van der Waals surface area contributed by atoms with Crippen LogP contribution >= 0.6 is 0 Å². The zero-order chi connectivity index (χ0) is 12.6.